The first-order chi connectivity index (χ1) is 9.29. The molecule has 8 heteroatoms. The molecule has 0 bridgehead atoms. The SMILES string of the molecule is O=C(O)CCC1CCCCN1C(=O)COCC(F)(F)F. The van der Waals surface area contributed by atoms with E-state index in [9.17, 15) is 22.8 Å². The molecule has 5 nitrogen and oxygen atoms in total. The zero-order valence-corrected chi connectivity index (χ0v) is 11.0. The van der Waals surface area contributed by atoms with Crippen LogP contribution in [0.4, 0.5) is 13.2 Å². The van der Waals surface area contributed by atoms with Crippen LogP contribution < -0.4 is 0 Å². The highest BCUT2D eigenvalue weighted by Crippen LogP contribution is 2.21. The molecule has 0 radical (unpaired) electrons. The number of hydrogen-bond acceptors (Lipinski definition) is 3. The van der Waals surface area contributed by atoms with E-state index in [2.05, 4.69) is 4.74 Å². The van der Waals surface area contributed by atoms with Crippen LogP contribution in [0.5, 0.6) is 0 Å². The summed E-state index contributed by atoms with van der Waals surface area (Å²) < 4.78 is 40.1. The van der Waals surface area contributed by atoms with Gasteiger partial charge in [0, 0.05) is 19.0 Å². The second kappa shape index (κ2) is 7.47. The number of carbonyl (C=O) groups is 2. The lowest BCUT2D eigenvalue weighted by Crippen LogP contribution is -2.45. The number of hydrogen-bond donors (Lipinski definition) is 1. The van der Waals surface area contributed by atoms with Crippen LogP contribution in [0.15, 0.2) is 0 Å². The second-order valence-corrected chi connectivity index (χ2v) is 4.78. The van der Waals surface area contributed by atoms with E-state index in [-0.39, 0.29) is 12.5 Å². The largest absolute Gasteiger partial charge is 0.481 e. The van der Waals surface area contributed by atoms with Gasteiger partial charge in [-0.15, -0.1) is 0 Å². The van der Waals surface area contributed by atoms with E-state index in [1.165, 1.54) is 4.90 Å². The minimum atomic E-state index is -4.45. The van der Waals surface area contributed by atoms with Crippen molar-refractivity contribution < 1.29 is 32.6 Å². The summed E-state index contributed by atoms with van der Waals surface area (Å²) in [4.78, 5) is 23.8. The first-order valence-corrected chi connectivity index (χ1v) is 6.45. The van der Waals surface area contributed by atoms with Crippen molar-refractivity contribution in [2.24, 2.45) is 0 Å². The number of carbonyl (C=O) groups excluding carboxylic acids is 1. The van der Waals surface area contributed by atoms with Crippen molar-refractivity contribution in [2.75, 3.05) is 19.8 Å². The number of likely N-dealkylation sites (tertiary alicyclic amines) is 1. The Bertz CT molecular complexity index is 346. The van der Waals surface area contributed by atoms with Gasteiger partial charge in [0.2, 0.25) is 5.91 Å². The normalized spacial score (nSPS) is 19.9. The Morgan fingerprint density at radius 1 is 1.30 bits per heavy atom. The van der Waals surface area contributed by atoms with Crippen LogP contribution in [0.1, 0.15) is 32.1 Å². The molecule has 1 saturated heterocycles. The third kappa shape index (κ3) is 6.23. The van der Waals surface area contributed by atoms with Gasteiger partial charge in [0.1, 0.15) is 13.2 Å². The third-order valence-electron chi connectivity index (χ3n) is 3.13. The summed E-state index contributed by atoms with van der Waals surface area (Å²) in [5.74, 6) is -1.46. The average molecular weight is 297 g/mol. The number of carboxylic acids is 1. The van der Waals surface area contributed by atoms with Gasteiger partial charge in [-0.05, 0) is 25.7 Å². The van der Waals surface area contributed by atoms with Gasteiger partial charge in [0.15, 0.2) is 0 Å². The zero-order chi connectivity index (χ0) is 15.2. The topological polar surface area (TPSA) is 66.8 Å². The Morgan fingerprint density at radius 2 is 2.00 bits per heavy atom. The van der Waals surface area contributed by atoms with Crippen molar-refractivity contribution in [1.82, 2.24) is 4.90 Å². The fourth-order valence-corrected chi connectivity index (χ4v) is 2.26. The van der Waals surface area contributed by atoms with Crippen molar-refractivity contribution in [1.29, 1.82) is 0 Å². The molecule has 1 amide bonds. The Balaban J connectivity index is 2.43. The molecule has 0 aromatic rings. The van der Waals surface area contributed by atoms with Gasteiger partial charge in [0.25, 0.3) is 0 Å². The van der Waals surface area contributed by atoms with Crippen LogP contribution >= 0.6 is 0 Å². The molecular weight excluding hydrogens is 279 g/mol. The van der Waals surface area contributed by atoms with Crippen LogP contribution in [-0.2, 0) is 14.3 Å². The number of ether oxygens (including phenoxy) is 1. The van der Waals surface area contributed by atoms with Crippen molar-refractivity contribution in [2.45, 2.75) is 44.3 Å². The molecule has 20 heavy (non-hydrogen) atoms. The number of alkyl halides is 3. The molecule has 1 aliphatic rings. The first kappa shape index (κ1) is 16.7. The van der Waals surface area contributed by atoms with Gasteiger partial charge >= 0.3 is 12.1 Å². The Hall–Kier alpha value is -1.31. The highest BCUT2D eigenvalue weighted by Gasteiger charge is 2.30. The fraction of sp³-hybridized carbons (Fsp3) is 0.833. The Labute approximate surface area is 114 Å². The first-order valence-electron chi connectivity index (χ1n) is 6.45. The molecular formula is C12H18F3NO4. The molecule has 1 fully saturated rings. The fourth-order valence-electron chi connectivity index (χ4n) is 2.26. The van der Waals surface area contributed by atoms with Crippen molar-refractivity contribution in [3.05, 3.63) is 0 Å². The van der Waals surface area contributed by atoms with Gasteiger partial charge < -0.3 is 14.7 Å². The summed E-state index contributed by atoms with van der Waals surface area (Å²) in [5.41, 5.74) is 0. The summed E-state index contributed by atoms with van der Waals surface area (Å²) in [6.07, 6.45) is -1.85. The maximum Gasteiger partial charge on any atom is 0.411 e. The van der Waals surface area contributed by atoms with E-state index in [0.717, 1.165) is 12.8 Å². The number of piperidine rings is 1. The molecule has 0 aromatic carbocycles. The molecule has 1 N–H and O–H groups in total. The monoisotopic (exact) mass is 297 g/mol. The molecule has 0 spiro atoms. The summed E-state index contributed by atoms with van der Waals surface area (Å²) in [6.45, 7) is -1.63. The van der Waals surface area contributed by atoms with E-state index in [1.807, 2.05) is 0 Å². The maximum absolute atomic E-state index is 11.9. The van der Waals surface area contributed by atoms with Gasteiger partial charge in [-0.2, -0.15) is 13.2 Å². The van der Waals surface area contributed by atoms with Gasteiger partial charge in [-0.25, -0.2) is 0 Å². The zero-order valence-electron chi connectivity index (χ0n) is 11.0. The lowest BCUT2D eigenvalue weighted by Gasteiger charge is -2.35. The summed E-state index contributed by atoms with van der Waals surface area (Å²) in [7, 11) is 0. The highest BCUT2D eigenvalue weighted by molar-refractivity contribution is 5.78. The van der Waals surface area contributed by atoms with E-state index in [4.69, 9.17) is 5.11 Å². The number of halogens is 3. The minimum Gasteiger partial charge on any atom is -0.481 e. The molecule has 1 heterocycles. The predicted molar refractivity (Wildman–Crippen MR) is 63.1 cm³/mol. The standard InChI is InChI=1S/C12H18F3NO4/c13-12(14,15)8-20-7-10(17)16-6-2-1-3-9(16)4-5-11(18)19/h9H,1-8H2,(H,18,19). The lowest BCUT2D eigenvalue weighted by atomic mass is 9.98. The smallest absolute Gasteiger partial charge is 0.411 e. The molecule has 116 valence electrons. The molecule has 0 aliphatic carbocycles. The third-order valence-corrected chi connectivity index (χ3v) is 3.13. The summed E-state index contributed by atoms with van der Waals surface area (Å²) >= 11 is 0. The van der Waals surface area contributed by atoms with Crippen LogP contribution in [0.2, 0.25) is 0 Å². The predicted octanol–water partition coefficient (Wildman–Crippen LogP) is 1.81. The summed E-state index contributed by atoms with van der Waals surface area (Å²) in [6, 6.07) is -0.221. The second-order valence-electron chi connectivity index (χ2n) is 4.78. The average Bonchev–Trinajstić information content (AvgIpc) is 2.35. The van der Waals surface area contributed by atoms with Crippen molar-refractivity contribution in [3.8, 4) is 0 Å². The van der Waals surface area contributed by atoms with E-state index < -0.39 is 31.3 Å². The van der Waals surface area contributed by atoms with Crippen molar-refractivity contribution in [3.63, 3.8) is 0 Å². The molecule has 1 rings (SSSR count). The van der Waals surface area contributed by atoms with E-state index in [0.29, 0.717) is 19.4 Å². The molecule has 1 atom stereocenters. The Morgan fingerprint density at radius 3 is 2.60 bits per heavy atom. The van der Waals surface area contributed by atoms with Gasteiger partial charge in [0.05, 0.1) is 0 Å². The molecule has 0 saturated carbocycles. The van der Waals surface area contributed by atoms with Crippen molar-refractivity contribution >= 4 is 11.9 Å². The number of amides is 1. The molecule has 1 aliphatic heterocycles. The number of aliphatic carboxylic acids is 1. The van der Waals surface area contributed by atoms with Crippen LogP contribution in [-0.4, -0.2) is 53.9 Å². The van der Waals surface area contributed by atoms with E-state index in [1.54, 1.807) is 0 Å². The molecule has 1 unspecified atom stereocenters. The Kier molecular flexibility index (Phi) is 6.25. The quantitative estimate of drug-likeness (QED) is 0.812. The number of nitrogens with zero attached hydrogens (tertiary/aromatic N) is 1. The maximum atomic E-state index is 11.9. The molecule has 0 aromatic heterocycles. The number of rotatable bonds is 6. The van der Waals surface area contributed by atoms with Crippen LogP contribution in [0, 0.1) is 0 Å². The summed E-state index contributed by atoms with van der Waals surface area (Å²) in [5, 5.41) is 8.65. The van der Waals surface area contributed by atoms with Gasteiger partial charge in [-0.1, -0.05) is 0 Å². The lowest BCUT2D eigenvalue weighted by molar-refractivity contribution is -0.178. The van der Waals surface area contributed by atoms with Crippen LogP contribution in [0.3, 0.4) is 0 Å². The number of carboxylic acid groups (broad SMARTS) is 1. The minimum absolute atomic E-state index is 0.0577. The van der Waals surface area contributed by atoms with E-state index >= 15 is 0 Å². The van der Waals surface area contributed by atoms with Gasteiger partial charge in [-0.3, -0.25) is 9.59 Å². The highest BCUT2D eigenvalue weighted by atomic mass is 19.4. The van der Waals surface area contributed by atoms with Crippen LogP contribution in [0.25, 0.3) is 0 Å².